The van der Waals surface area contributed by atoms with Crippen LogP contribution in [-0.4, -0.2) is 29.6 Å². The number of amides is 2. The lowest BCUT2D eigenvalue weighted by atomic mass is 9.85. The van der Waals surface area contributed by atoms with Crippen LogP contribution in [0.25, 0.3) is 0 Å². The topological polar surface area (TPSA) is 92.4 Å². The molecule has 0 spiro atoms. The van der Waals surface area contributed by atoms with Gasteiger partial charge >= 0.3 is 0 Å². The quantitative estimate of drug-likeness (QED) is 0.762. The Morgan fingerprint density at radius 3 is 2.53 bits per heavy atom. The molecule has 5 nitrogen and oxygen atoms in total. The van der Waals surface area contributed by atoms with Gasteiger partial charge in [-0.3, -0.25) is 9.59 Å². The van der Waals surface area contributed by atoms with E-state index < -0.39 is 5.91 Å². The summed E-state index contributed by atoms with van der Waals surface area (Å²) in [4.78, 5) is 23.5. The van der Waals surface area contributed by atoms with Crippen molar-refractivity contribution in [1.82, 2.24) is 5.32 Å². The first-order chi connectivity index (χ1) is 8.75. The molecule has 0 aromatic carbocycles. The number of primary amides is 1. The fourth-order valence-corrected chi connectivity index (χ4v) is 2.46. The Kier molecular flexibility index (Phi) is 5.08. The zero-order chi connectivity index (χ0) is 14.6. The van der Waals surface area contributed by atoms with Crippen molar-refractivity contribution in [3.8, 4) is 0 Å². The van der Waals surface area contributed by atoms with Crippen LogP contribution < -0.4 is 11.1 Å². The summed E-state index contributed by atoms with van der Waals surface area (Å²) in [6, 6.07) is 1.35. The summed E-state index contributed by atoms with van der Waals surface area (Å²) in [6.45, 7) is 6.00. The Bertz CT molecular complexity index is 463. The van der Waals surface area contributed by atoms with Gasteiger partial charge in [-0.05, 0) is 17.9 Å². The number of aliphatic hydroxyl groups is 1. The molecule has 0 bridgehead atoms. The van der Waals surface area contributed by atoms with Gasteiger partial charge in [0, 0.05) is 18.0 Å². The summed E-state index contributed by atoms with van der Waals surface area (Å²) < 4.78 is 0. The molecule has 1 aromatic heterocycles. The molecule has 0 saturated carbocycles. The molecule has 6 heteroatoms. The second-order valence-electron chi connectivity index (χ2n) is 5.47. The van der Waals surface area contributed by atoms with Gasteiger partial charge in [0.05, 0.1) is 10.4 Å². The summed E-state index contributed by atoms with van der Waals surface area (Å²) in [6.07, 6.45) is 0.489. The van der Waals surface area contributed by atoms with Gasteiger partial charge < -0.3 is 16.2 Å². The lowest BCUT2D eigenvalue weighted by Gasteiger charge is -2.30. The molecule has 1 aromatic rings. The molecule has 19 heavy (non-hydrogen) atoms. The maximum atomic E-state index is 12.1. The molecule has 2 amide bonds. The molecule has 0 saturated heterocycles. The van der Waals surface area contributed by atoms with E-state index in [2.05, 4.69) is 5.32 Å². The molecule has 0 aliphatic rings. The standard InChI is InChI=1S/C13H20N2O3S/c1-13(2,3)10(4-5-16)15-12(18)9-6-8(7-19-9)11(14)17/h6-7,10,16H,4-5H2,1-3H3,(H2,14,17)(H,15,18). The predicted octanol–water partition coefficient (Wildman–Crippen LogP) is 1.37. The van der Waals surface area contributed by atoms with E-state index in [-0.39, 0.29) is 24.0 Å². The van der Waals surface area contributed by atoms with E-state index >= 15 is 0 Å². The van der Waals surface area contributed by atoms with Crippen LogP contribution in [0.1, 0.15) is 47.2 Å². The van der Waals surface area contributed by atoms with Crippen LogP contribution >= 0.6 is 11.3 Å². The number of nitrogens with two attached hydrogens (primary N) is 1. The molecule has 1 heterocycles. The highest BCUT2D eigenvalue weighted by atomic mass is 32.1. The minimum Gasteiger partial charge on any atom is -0.396 e. The molecule has 4 N–H and O–H groups in total. The van der Waals surface area contributed by atoms with Crippen LogP contribution in [0.2, 0.25) is 0 Å². The lowest BCUT2D eigenvalue weighted by Crippen LogP contribution is -2.44. The Morgan fingerprint density at radius 1 is 1.47 bits per heavy atom. The SMILES string of the molecule is CC(C)(C)C(CCO)NC(=O)c1cc(C(N)=O)cs1. The normalized spacial score (nSPS) is 13.1. The largest absolute Gasteiger partial charge is 0.396 e. The van der Waals surface area contributed by atoms with E-state index in [1.807, 2.05) is 20.8 Å². The molecule has 0 radical (unpaired) electrons. The average Bonchev–Trinajstić information content (AvgIpc) is 2.76. The van der Waals surface area contributed by atoms with Crippen LogP contribution in [0.5, 0.6) is 0 Å². The third kappa shape index (κ3) is 4.33. The van der Waals surface area contributed by atoms with E-state index in [1.54, 1.807) is 5.38 Å². The van der Waals surface area contributed by atoms with Crippen molar-refractivity contribution >= 4 is 23.2 Å². The first-order valence-corrected chi connectivity index (χ1v) is 6.93. The number of hydrogen-bond donors (Lipinski definition) is 3. The maximum absolute atomic E-state index is 12.1. The van der Waals surface area contributed by atoms with Gasteiger partial charge in [0.25, 0.3) is 5.91 Å². The minimum absolute atomic E-state index is 0.0131. The summed E-state index contributed by atoms with van der Waals surface area (Å²) >= 11 is 1.18. The van der Waals surface area contributed by atoms with E-state index in [1.165, 1.54) is 17.4 Å². The van der Waals surface area contributed by atoms with Crippen molar-refractivity contribution in [2.75, 3.05) is 6.61 Å². The smallest absolute Gasteiger partial charge is 0.261 e. The van der Waals surface area contributed by atoms with Crippen LogP contribution in [0.15, 0.2) is 11.4 Å². The number of hydrogen-bond acceptors (Lipinski definition) is 4. The first-order valence-electron chi connectivity index (χ1n) is 6.05. The first kappa shape index (κ1) is 15.7. The average molecular weight is 284 g/mol. The van der Waals surface area contributed by atoms with Crippen molar-refractivity contribution in [3.05, 3.63) is 21.9 Å². The fourth-order valence-electron chi connectivity index (χ4n) is 1.66. The van der Waals surface area contributed by atoms with Gasteiger partial charge in [-0.15, -0.1) is 11.3 Å². The molecule has 0 fully saturated rings. The Balaban J connectivity index is 2.78. The maximum Gasteiger partial charge on any atom is 0.261 e. The van der Waals surface area contributed by atoms with Crippen molar-refractivity contribution in [3.63, 3.8) is 0 Å². The summed E-state index contributed by atoms with van der Waals surface area (Å²) in [5.74, 6) is -0.788. The Labute approximate surface area is 116 Å². The van der Waals surface area contributed by atoms with E-state index in [9.17, 15) is 9.59 Å². The summed E-state index contributed by atoms with van der Waals surface area (Å²) in [5, 5.41) is 13.5. The lowest BCUT2D eigenvalue weighted by molar-refractivity contribution is 0.0889. The van der Waals surface area contributed by atoms with Gasteiger partial charge in [0.1, 0.15) is 0 Å². The van der Waals surface area contributed by atoms with Gasteiger partial charge in [-0.2, -0.15) is 0 Å². The Morgan fingerprint density at radius 2 is 2.11 bits per heavy atom. The third-order valence-corrected chi connectivity index (χ3v) is 3.81. The number of thiophene rings is 1. The minimum atomic E-state index is -0.543. The van der Waals surface area contributed by atoms with Crippen molar-refractivity contribution in [1.29, 1.82) is 0 Å². The van der Waals surface area contributed by atoms with Crippen molar-refractivity contribution < 1.29 is 14.7 Å². The van der Waals surface area contributed by atoms with Crippen LogP contribution in [0, 0.1) is 5.41 Å². The zero-order valence-electron chi connectivity index (χ0n) is 11.4. The number of rotatable bonds is 5. The number of nitrogens with one attached hydrogen (secondary N) is 1. The van der Waals surface area contributed by atoms with Crippen LogP contribution in [-0.2, 0) is 0 Å². The monoisotopic (exact) mass is 284 g/mol. The summed E-state index contributed by atoms with van der Waals surface area (Å²) in [5.41, 5.74) is 5.34. The van der Waals surface area contributed by atoms with Crippen molar-refractivity contribution in [2.24, 2.45) is 11.1 Å². The molecule has 1 atom stereocenters. The van der Waals surface area contributed by atoms with Crippen LogP contribution in [0.4, 0.5) is 0 Å². The van der Waals surface area contributed by atoms with Gasteiger partial charge in [-0.1, -0.05) is 20.8 Å². The van der Waals surface area contributed by atoms with E-state index in [4.69, 9.17) is 10.8 Å². The van der Waals surface area contributed by atoms with Gasteiger partial charge in [-0.25, -0.2) is 0 Å². The van der Waals surface area contributed by atoms with Crippen molar-refractivity contribution in [2.45, 2.75) is 33.2 Å². The highest BCUT2D eigenvalue weighted by molar-refractivity contribution is 7.12. The number of carbonyl (C=O) groups is 2. The molecule has 1 rings (SSSR count). The Hall–Kier alpha value is -1.40. The highest BCUT2D eigenvalue weighted by Crippen LogP contribution is 2.23. The van der Waals surface area contributed by atoms with E-state index in [0.29, 0.717) is 16.9 Å². The molecule has 1 unspecified atom stereocenters. The van der Waals surface area contributed by atoms with Crippen LogP contribution in [0.3, 0.4) is 0 Å². The molecule has 106 valence electrons. The van der Waals surface area contributed by atoms with Gasteiger partial charge in [0.2, 0.25) is 5.91 Å². The van der Waals surface area contributed by atoms with E-state index in [0.717, 1.165) is 0 Å². The fraction of sp³-hybridized carbons (Fsp3) is 0.538. The summed E-state index contributed by atoms with van der Waals surface area (Å²) in [7, 11) is 0. The second-order valence-corrected chi connectivity index (χ2v) is 6.38. The molecular weight excluding hydrogens is 264 g/mol. The number of aliphatic hydroxyl groups excluding tert-OH is 1. The highest BCUT2D eigenvalue weighted by Gasteiger charge is 2.26. The zero-order valence-corrected chi connectivity index (χ0v) is 12.2. The molecule has 0 aliphatic carbocycles. The second kappa shape index (κ2) is 6.16. The van der Waals surface area contributed by atoms with Gasteiger partial charge in [0.15, 0.2) is 0 Å². The molecule has 0 aliphatic heterocycles. The third-order valence-electron chi connectivity index (χ3n) is 2.88. The number of carbonyl (C=O) groups excluding carboxylic acids is 2. The predicted molar refractivity (Wildman–Crippen MR) is 75.2 cm³/mol. The molecular formula is C13H20N2O3S.